The number of aromatic nitrogens is 1. The minimum Gasteiger partial charge on any atom is -0.504 e. The second-order valence-corrected chi connectivity index (χ2v) is 12.0. The smallest absolute Gasteiger partial charge is 0.253 e. The van der Waals surface area contributed by atoms with E-state index < -0.39 is 26.4 Å². The predicted octanol–water partition coefficient (Wildman–Crippen LogP) is 6.11. The molecule has 0 saturated carbocycles. The van der Waals surface area contributed by atoms with Crippen molar-refractivity contribution in [1.29, 1.82) is 0 Å². The van der Waals surface area contributed by atoms with Gasteiger partial charge in [-0.2, -0.15) is 0 Å². The molecular weight excluding hydrogens is 538 g/mol. The van der Waals surface area contributed by atoms with E-state index in [-0.39, 0.29) is 16.5 Å². The summed E-state index contributed by atoms with van der Waals surface area (Å²) < 4.78 is 27.7. The van der Waals surface area contributed by atoms with Gasteiger partial charge >= 0.3 is 0 Å². The normalized spacial score (nSPS) is 11.3. The molecule has 0 aliphatic heterocycles. The lowest BCUT2D eigenvalue weighted by molar-refractivity contribution is 0.0828. The van der Waals surface area contributed by atoms with E-state index in [0.29, 0.717) is 28.8 Å². The number of rotatable bonds is 9. The quantitative estimate of drug-likeness (QED) is 0.248. The van der Waals surface area contributed by atoms with Gasteiger partial charge in [-0.05, 0) is 60.7 Å². The summed E-state index contributed by atoms with van der Waals surface area (Å²) in [4.78, 5) is 19.4. The molecule has 41 heavy (non-hydrogen) atoms. The lowest BCUT2D eigenvalue weighted by Gasteiger charge is -2.26. The second kappa shape index (κ2) is 12.0. The fourth-order valence-corrected chi connectivity index (χ4v) is 6.22. The molecule has 0 atom stereocenters. The number of hydrogen-bond acceptors (Lipinski definition) is 7. The summed E-state index contributed by atoms with van der Waals surface area (Å²) in [5.41, 5.74) is 4.13. The summed E-state index contributed by atoms with van der Waals surface area (Å²) in [6.07, 6.45) is 2.04. The Bertz CT molecular complexity index is 1680. The minimum absolute atomic E-state index is 0.129. The topological polar surface area (TPSA) is 111 Å². The number of aryl methyl sites for hydroxylation is 2. The third-order valence-corrected chi connectivity index (χ3v) is 8.85. The first-order valence-electron chi connectivity index (χ1n) is 13.4. The lowest BCUT2D eigenvalue weighted by Crippen LogP contribution is -2.22. The van der Waals surface area contributed by atoms with Gasteiger partial charge in [-0.15, -0.1) is 0 Å². The van der Waals surface area contributed by atoms with Crippen molar-refractivity contribution in [2.75, 3.05) is 26.0 Å². The third-order valence-electron chi connectivity index (χ3n) is 7.04. The summed E-state index contributed by atoms with van der Waals surface area (Å²) in [5, 5.41) is 22.4. The first-order valence-corrected chi connectivity index (χ1v) is 14.9. The van der Waals surface area contributed by atoms with Crippen LogP contribution >= 0.6 is 0 Å². The summed E-state index contributed by atoms with van der Waals surface area (Å²) >= 11 is 0. The molecule has 0 unspecified atom stereocenters. The van der Waals surface area contributed by atoms with Crippen molar-refractivity contribution in [2.24, 2.45) is 0 Å². The number of amides is 1. The minimum atomic E-state index is -4.39. The van der Waals surface area contributed by atoms with Gasteiger partial charge < -0.3 is 20.0 Å². The number of carbonyl (C=O) groups excluding carboxylic acids is 1. The molecule has 0 radical (unpaired) electrons. The van der Waals surface area contributed by atoms with Crippen molar-refractivity contribution in [3.63, 3.8) is 0 Å². The SMILES string of the molecule is CCCCc1nc(O)c(S(=O)(=O)c2ccc(-c3ccccc3C(=O)N(C)C)cc2)c(O)c1N(C)c1ccccc1C. The number of anilines is 2. The molecule has 9 heteroatoms. The van der Waals surface area contributed by atoms with Crippen LogP contribution in [0, 0.1) is 6.92 Å². The molecule has 0 spiro atoms. The summed E-state index contributed by atoms with van der Waals surface area (Å²) in [6, 6.07) is 20.6. The fourth-order valence-electron chi connectivity index (χ4n) is 4.85. The molecule has 1 heterocycles. The van der Waals surface area contributed by atoms with E-state index in [1.165, 1.54) is 17.0 Å². The number of unbranched alkanes of at least 4 members (excludes halogenated alkanes) is 1. The molecule has 0 aliphatic carbocycles. The zero-order valence-corrected chi connectivity index (χ0v) is 24.7. The fraction of sp³-hybridized carbons (Fsp3) is 0.250. The first kappa shape index (κ1) is 29.6. The highest BCUT2D eigenvalue weighted by Gasteiger charge is 2.32. The Hall–Kier alpha value is -4.37. The van der Waals surface area contributed by atoms with Gasteiger partial charge in [-0.25, -0.2) is 13.4 Å². The maximum absolute atomic E-state index is 13.9. The molecule has 2 N–H and O–H groups in total. The van der Waals surface area contributed by atoms with Crippen LogP contribution in [0.15, 0.2) is 82.6 Å². The summed E-state index contributed by atoms with van der Waals surface area (Å²) in [6.45, 7) is 3.94. The van der Waals surface area contributed by atoms with E-state index in [9.17, 15) is 23.4 Å². The molecule has 4 aromatic rings. The Labute approximate surface area is 241 Å². The van der Waals surface area contributed by atoms with E-state index in [0.717, 1.165) is 24.1 Å². The summed E-state index contributed by atoms with van der Waals surface area (Å²) in [7, 11) is 0.684. The van der Waals surface area contributed by atoms with Crippen molar-refractivity contribution in [2.45, 2.75) is 42.9 Å². The van der Waals surface area contributed by atoms with Crippen molar-refractivity contribution in [3.8, 4) is 22.8 Å². The Morgan fingerprint density at radius 3 is 2.17 bits per heavy atom. The van der Waals surface area contributed by atoms with Gasteiger partial charge in [0, 0.05) is 32.4 Å². The predicted molar refractivity (Wildman–Crippen MR) is 161 cm³/mol. The van der Waals surface area contributed by atoms with E-state index >= 15 is 0 Å². The summed E-state index contributed by atoms with van der Waals surface area (Å²) in [5.74, 6) is -1.48. The standard InChI is InChI=1S/C32H35N3O5S/c1-6-7-15-26-28(35(5)27-16-11-8-12-21(27)2)29(36)30(31(37)33-26)41(39,40)23-19-17-22(18-20-23)24-13-9-10-14-25(24)32(38)34(3)4/h8-14,16-20H,6-7,15H2,1-5H3,(H2,33,36,37). The van der Waals surface area contributed by atoms with Gasteiger partial charge in [0.15, 0.2) is 10.6 Å². The van der Waals surface area contributed by atoms with Crippen molar-refractivity contribution in [3.05, 3.63) is 89.6 Å². The maximum Gasteiger partial charge on any atom is 0.253 e. The molecule has 214 valence electrons. The van der Waals surface area contributed by atoms with Gasteiger partial charge in [0.25, 0.3) is 5.91 Å². The van der Waals surface area contributed by atoms with Gasteiger partial charge in [-0.3, -0.25) is 4.79 Å². The van der Waals surface area contributed by atoms with Crippen LogP contribution < -0.4 is 4.90 Å². The molecule has 4 rings (SSSR count). The van der Waals surface area contributed by atoms with Crippen LogP contribution in [0.4, 0.5) is 11.4 Å². The zero-order valence-electron chi connectivity index (χ0n) is 23.9. The van der Waals surface area contributed by atoms with Crippen LogP contribution in [-0.4, -0.2) is 55.6 Å². The van der Waals surface area contributed by atoms with Gasteiger partial charge in [-0.1, -0.05) is 61.9 Å². The molecule has 8 nitrogen and oxygen atoms in total. The Balaban J connectivity index is 1.83. The molecule has 0 saturated heterocycles. The Morgan fingerprint density at radius 1 is 0.902 bits per heavy atom. The lowest BCUT2D eigenvalue weighted by atomic mass is 9.99. The van der Waals surface area contributed by atoms with Gasteiger partial charge in [0.1, 0.15) is 5.69 Å². The highest BCUT2D eigenvalue weighted by Crippen LogP contribution is 2.45. The van der Waals surface area contributed by atoms with Crippen molar-refractivity contribution in [1.82, 2.24) is 9.88 Å². The van der Waals surface area contributed by atoms with E-state index in [4.69, 9.17) is 0 Å². The number of nitrogens with zero attached hydrogens (tertiary/aromatic N) is 3. The van der Waals surface area contributed by atoms with Crippen LogP contribution in [0.2, 0.25) is 0 Å². The number of sulfone groups is 1. The van der Waals surface area contributed by atoms with Crippen molar-refractivity contribution >= 4 is 27.1 Å². The van der Waals surface area contributed by atoms with E-state index in [2.05, 4.69) is 4.98 Å². The Kier molecular flexibility index (Phi) is 8.68. The first-order chi connectivity index (χ1) is 19.5. The monoisotopic (exact) mass is 573 g/mol. The highest BCUT2D eigenvalue weighted by molar-refractivity contribution is 7.91. The highest BCUT2D eigenvalue weighted by atomic mass is 32.2. The number of aromatic hydroxyl groups is 2. The number of benzene rings is 3. The molecule has 1 amide bonds. The molecule has 0 aliphatic rings. The van der Waals surface area contributed by atoms with Gasteiger partial charge in [0.05, 0.1) is 10.6 Å². The third kappa shape index (κ3) is 5.76. The van der Waals surface area contributed by atoms with E-state index in [1.807, 2.05) is 38.1 Å². The molecular formula is C32H35N3O5S. The number of pyridine rings is 1. The van der Waals surface area contributed by atoms with Crippen molar-refractivity contribution < 1.29 is 23.4 Å². The molecule has 3 aromatic carbocycles. The average molecular weight is 574 g/mol. The van der Waals surface area contributed by atoms with E-state index in [1.54, 1.807) is 62.4 Å². The number of hydrogen-bond donors (Lipinski definition) is 2. The average Bonchev–Trinajstić information content (AvgIpc) is 2.95. The number of carbonyl (C=O) groups is 1. The maximum atomic E-state index is 13.9. The second-order valence-electron chi connectivity index (χ2n) is 10.1. The van der Waals surface area contributed by atoms with Crippen LogP contribution in [0.25, 0.3) is 11.1 Å². The van der Waals surface area contributed by atoms with Crippen LogP contribution in [0.3, 0.4) is 0 Å². The molecule has 0 fully saturated rings. The van der Waals surface area contributed by atoms with Gasteiger partial charge in [0.2, 0.25) is 15.7 Å². The number of para-hydroxylation sites is 1. The largest absolute Gasteiger partial charge is 0.504 e. The van der Waals surface area contributed by atoms with Crippen LogP contribution in [-0.2, 0) is 16.3 Å². The van der Waals surface area contributed by atoms with Crippen LogP contribution in [0.1, 0.15) is 41.4 Å². The zero-order chi connectivity index (χ0) is 29.9. The molecule has 1 aromatic heterocycles. The molecule has 0 bridgehead atoms. The Morgan fingerprint density at radius 2 is 1.54 bits per heavy atom. The van der Waals surface area contributed by atoms with Crippen LogP contribution in [0.5, 0.6) is 11.6 Å².